The average Bonchev–Trinajstić information content (AvgIpc) is 2.91. The number of hydrogen-bond donors (Lipinski definition) is 0. The second-order valence-electron chi connectivity index (χ2n) is 5.44. The molecule has 7 nitrogen and oxygen atoms in total. The Kier molecular flexibility index (Phi) is 6.06. The molecule has 1 fully saturated rings. The monoisotopic (exact) mass is 375 g/mol. The molecule has 0 aromatic heterocycles. The quantitative estimate of drug-likeness (QED) is 0.686. The van der Waals surface area contributed by atoms with Crippen LogP contribution in [0.5, 0.6) is 5.75 Å². The third kappa shape index (κ3) is 5.10. The highest BCUT2D eigenvalue weighted by atomic mass is 35.5. The zero-order valence-electron chi connectivity index (χ0n) is 13.1. The van der Waals surface area contributed by atoms with Gasteiger partial charge in [-0.05, 0) is 18.6 Å². The summed E-state index contributed by atoms with van der Waals surface area (Å²) < 4.78 is 32.9. The number of amides is 1. The van der Waals surface area contributed by atoms with Gasteiger partial charge in [0.05, 0.1) is 16.5 Å². The van der Waals surface area contributed by atoms with Crippen LogP contribution in [0, 0.1) is 0 Å². The van der Waals surface area contributed by atoms with E-state index in [9.17, 15) is 18.0 Å². The normalized spacial score (nSPS) is 18.8. The Morgan fingerprint density at radius 1 is 1.29 bits per heavy atom. The van der Waals surface area contributed by atoms with Crippen molar-refractivity contribution in [2.24, 2.45) is 0 Å². The van der Waals surface area contributed by atoms with Gasteiger partial charge < -0.3 is 14.4 Å². The van der Waals surface area contributed by atoms with Gasteiger partial charge in [-0.15, -0.1) is 0 Å². The van der Waals surface area contributed by atoms with Gasteiger partial charge in [-0.25, -0.2) is 13.2 Å². The number of likely N-dealkylation sites (N-methyl/N-ethyl adjacent to an activating group) is 1. The number of hydrogen-bond acceptors (Lipinski definition) is 6. The van der Waals surface area contributed by atoms with Crippen molar-refractivity contribution in [3.05, 3.63) is 29.3 Å². The van der Waals surface area contributed by atoms with Crippen molar-refractivity contribution in [1.29, 1.82) is 0 Å². The van der Waals surface area contributed by atoms with Gasteiger partial charge in [-0.1, -0.05) is 23.7 Å². The van der Waals surface area contributed by atoms with E-state index in [1.807, 2.05) is 0 Å². The third-order valence-corrected chi connectivity index (χ3v) is 5.75. The van der Waals surface area contributed by atoms with Crippen LogP contribution in [-0.2, 0) is 24.2 Å². The molecule has 2 rings (SSSR count). The number of sulfone groups is 1. The fraction of sp³-hybridized carbons (Fsp3) is 0.467. The predicted molar refractivity (Wildman–Crippen MR) is 87.7 cm³/mol. The fourth-order valence-corrected chi connectivity index (χ4v) is 4.23. The first-order valence-electron chi connectivity index (χ1n) is 7.27. The second kappa shape index (κ2) is 7.85. The number of carbonyl (C=O) groups is 2. The molecule has 1 aliphatic rings. The lowest BCUT2D eigenvalue weighted by atomic mass is 10.2. The summed E-state index contributed by atoms with van der Waals surface area (Å²) in [4.78, 5) is 24.9. The molecule has 0 unspecified atom stereocenters. The number of ether oxygens (including phenoxy) is 2. The molecule has 1 aromatic rings. The van der Waals surface area contributed by atoms with Gasteiger partial charge in [-0.2, -0.15) is 0 Å². The largest absolute Gasteiger partial charge is 0.480 e. The molecule has 1 saturated heterocycles. The van der Waals surface area contributed by atoms with Crippen molar-refractivity contribution in [1.82, 2.24) is 4.90 Å². The van der Waals surface area contributed by atoms with E-state index in [0.29, 0.717) is 17.2 Å². The van der Waals surface area contributed by atoms with Gasteiger partial charge in [0.15, 0.2) is 23.1 Å². The summed E-state index contributed by atoms with van der Waals surface area (Å²) in [5.41, 5.74) is 0. The molecule has 0 N–H and O–H groups in total. The molecule has 1 atom stereocenters. The number of para-hydroxylation sites is 1. The van der Waals surface area contributed by atoms with Gasteiger partial charge in [0, 0.05) is 13.1 Å². The first-order chi connectivity index (χ1) is 11.3. The van der Waals surface area contributed by atoms with Crippen LogP contribution in [-0.4, -0.2) is 63.0 Å². The molecule has 1 aliphatic heterocycles. The van der Waals surface area contributed by atoms with Crippen LogP contribution in [0.3, 0.4) is 0 Å². The summed E-state index contributed by atoms with van der Waals surface area (Å²) >= 11 is 5.89. The van der Waals surface area contributed by atoms with Gasteiger partial charge in [-0.3, -0.25) is 4.79 Å². The van der Waals surface area contributed by atoms with Gasteiger partial charge in [0.25, 0.3) is 5.91 Å². The Balaban J connectivity index is 1.75. The Morgan fingerprint density at radius 3 is 2.62 bits per heavy atom. The number of nitrogens with zero attached hydrogens (tertiary/aromatic N) is 1. The highest BCUT2D eigenvalue weighted by molar-refractivity contribution is 7.91. The van der Waals surface area contributed by atoms with E-state index in [2.05, 4.69) is 0 Å². The SMILES string of the molecule is CN(C(=O)COC(=O)COc1ccccc1Cl)[C@@H]1CCS(=O)(=O)C1. The molecule has 0 bridgehead atoms. The molecule has 1 aromatic carbocycles. The van der Waals surface area contributed by atoms with Crippen LogP contribution in [0.15, 0.2) is 24.3 Å². The minimum Gasteiger partial charge on any atom is -0.480 e. The highest BCUT2D eigenvalue weighted by Crippen LogP contribution is 2.22. The van der Waals surface area contributed by atoms with Crippen LogP contribution in [0.2, 0.25) is 5.02 Å². The van der Waals surface area contributed by atoms with Crippen LogP contribution in [0.4, 0.5) is 0 Å². The van der Waals surface area contributed by atoms with Crippen molar-refractivity contribution >= 4 is 33.3 Å². The van der Waals surface area contributed by atoms with E-state index in [1.165, 1.54) is 11.9 Å². The van der Waals surface area contributed by atoms with Crippen LogP contribution in [0.25, 0.3) is 0 Å². The molecule has 1 heterocycles. The topological polar surface area (TPSA) is 90.0 Å². The Labute approximate surface area is 145 Å². The summed E-state index contributed by atoms with van der Waals surface area (Å²) in [5.74, 6) is -0.811. The molecular formula is C15H18ClNO6S. The van der Waals surface area contributed by atoms with E-state index in [-0.39, 0.29) is 24.2 Å². The first-order valence-corrected chi connectivity index (χ1v) is 9.47. The lowest BCUT2D eigenvalue weighted by Gasteiger charge is -2.23. The number of halogens is 1. The maximum atomic E-state index is 12.0. The van der Waals surface area contributed by atoms with Crippen LogP contribution >= 0.6 is 11.6 Å². The molecule has 0 spiro atoms. The second-order valence-corrected chi connectivity index (χ2v) is 8.08. The molecule has 0 aliphatic carbocycles. The minimum absolute atomic E-state index is 0.0567. The molecule has 24 heavy (non-hydrogen) atoms. The van der Waals surface area contributed by atoms with Crippen molar-refractivity contribution < 1.29 is 27.5 Å². The lowest BCUT2D eigenvalue weighted by molar-refractivity contribution is -0.153. The molecule has 9 heteroatoms. The lowest BCUT2D eigenvalue weighted by Crippen LogP contribution is -2.40. The van der Waals surface area contributed by atoms with Crippen molar-refractivity contribution in [2.45, 2.75) is 12.5 Å². The molecular weight excluding hydrogens is 358 g/mol. The first kappa shape index (κ1) is 18.5. The van der Waals surface area contributed by atoms with Crippen LogP contribution in [0.1, 0.15) is 6.42 Å². The smallest absolute Gasteiger partial charge is 0.344 e. The number of carbonyl (C=O) groups excluding carboxylic acids is 2. The van der Waals surface area contributed by atoms with E-state index < -0.39 is 28.3 Å². The Bertz CT molecular complexity index is 720. The van der Waals surface area contributed by atoms with Crippen molar-refractivity contribution in [2.75, 3.05) is 31.8 Å². The Morgan fingerprint density at radius 2 is 2.00 bits per heavy atom. The van der Waals surface area contributed by atoms with E-state index in [0.717, 1.165) is 0 Å². The summed E-state index contributed by atoms with van der Waals surface area (Å²) in [6.07, 6.45) is 0.397. The number of esters is 1. The van der Waals surface area contributed by atoms with Crippen molar-refractivity contribution in [3.63, 3.8) is 0 Å². The maximum absolute atomic E-state index is 12.0. The van der Waals surface area contributed by atoms with Crippen LogP contribution < -0.4 is 4.74 Å². The predicted octanol–water partition coefficient (Wildman–Crippen LogP) is 0.907. The molecule has 1 amide bonds. The average molecular weight is 376 g/mol. The fourth-order valence-electron chi connectivity index (χ4n) is 2.27. The summed E-state index contributed by atoms with van der Waals surface area (Å²) in [6, 6.07) is 6.29. The highest BCUT2D eigenvalue weighted by Gasteiger charge is 2.32. The van der Waals surface area contributed by atoms with Gasteiger partial charge in [0.2, 0.25) is 0 Å². The van der Waals surface area contributed by atoms with E-state index in [1.54, 1.807) is 24.3 Å². The standard InChI is InChI=1S/C15H18ClNO6S/c1-17(11-6-7-24(20,21)10-11)14(18)8-23-15(19)9-22-13-5-3-2-4-12(13)16/h2-5,11H,6-10H2,1H3/t11-/m1/s1. The van der Waals surface area contributed by atoms with E-state index in [4.69, 9.17) is 21.1 Å². The minimum atomic E-state index is -3.08. The third-order valence-electron chi connectivity index (χ3n) is 3.69. The number of benzene rings is 1. The maximum Gasteiger partial charge on any atom is 0.344 e. The molecule has 0 saturated carbocycles. The van der Waals surface area contributed by atoms with Gasteiger partial charge in [0.1, 0.15) is 5.75 Å². The number of rotatable bonds is 6. The van der Waals surface area contributed by atoms with E-state index >= 15 is 0 Å². The summed E-state index contributed by atoms with van der Waals surface area (Å²) in [7, 11) is -1.58. The molecule has 132 valence electrons. The van der Waals surface area contributed by atoms with Crippen molar-refractivity contribution in [3.8, 4) is 5.75 Å². The Hall–Kier alpha value is -1.80. The zero-order valence-corrected chi connectivity index (χ0v) is 14.7. The molecule has 0 radical (unpaired) electrons. The van der Waals surface area contributed by atoms with Gasteiger partial charge >= 0.3 is 5.97 Å². The summed E-state index contributed by atoms with van der Waals surface area (Å²) in [6.45, 7) is -0.837. The zero-order chi connectivity index (χ0) is 17.7. The summed E-state index contributed by atoms with van der Waals surface area (Å²) in [5, 5.41) is 0.364.